The van der Waals surface area contributed by atoms with Crippen LogP contribution in [0.2, 0.25) is 0 Å². The number of hydrogen-bond donors (Lipinski definition) is 0. The summed E-state index contributed by atoms with van der Waals surface area (Å²) in [6, 6.07) is 7.95. The normalized spacial score (nSPS) is 18.5. The van der Waals surface area contributed by atoms with Crippen molar-refractivity contribution < 1.29 is 4.79 Å². The molecule has 3 rings (SSSR count). The zero-order chi connectivity index (χ0) is 14.8. The van der Waals surface area contributed by atoms with E-state index >= 15 is 0 Å². The van der Waals surface area contributed by atoms with Crippen molar-refractivity contribution in [3.63, 3.8) is 0 Å². The fraction of sp³-hybridized carbons (Fsp3) is 0.316. The molecule has 21 heavy (non-hydrogen) atoms. The second-order valence-corrected chi connectivity index (χ2v) is 6.02. The molecule has 2 aromatic rings. The molecule has 1 aromatic heterocycles. The molecule has 0 fully saturated rings. The predicted molar refractivity (Wildman–Crippen MR) is 87.6 cm³/mol. The average Bonchev–Trinajstić information content (AvgIpc) is 2.91. The van der Waals surface area contributed by atoms with Crippen LogP contribution >= 0.6 is 0 Å². The van der Waals surface area contributed by atoms with Crippen LogP contribution < -0.4 is 0 Å². The topological polar surface area (TPSA) is 22.0 Å². The van der Waals surface area contributed by atoms with Crippen LogP contribution in [-0.4, -0.2) is 10.9 Å². The molecule has 0 N–H and O–H groups in total. The Hall–Kier alpha value is -2.09. The second-order valence-electron chi connectivity index (χ2n) is 6.02. The van der Waals surface area contributed by atoms with E-state index in [1.165, 1.54) is 17.6 Å². The van der Waals surface area contributed by atoms with Gasteiger partial charge in [0.2, 0.25) is 0 Å². The number of allylic oxidation sites excluding steroid dienone is 3. The van der Waals surface area contributed by atoms with Gasteiger partial charge in [0.05, 0.1) is 0 Å². The van der Waals surface area contributed by atoms with E-state index in [0.717, 1.165) is 42.1 Å². The highest BCUT2D eigenvalue weighted by Gasteiger charge is 2.15. The summed E-state index contributed by atoms with van der Waals surface area (Å²) < 4.78 is 2.25. The van der Waals surface area contributed by atoms with Crippen molar-refractivity contribution in [1.82, 2.24) is 4.57 Å². The second kappa shape index (κ2) is 5.72. The third-order valence-corrected chi connectivity index (χ3v) is 4.55. The molecule has 1 atom stereocenters. The van der Waals surface area contributed by atoms with Crippen LogP contribution in [0.15, 0.2) is 54.3 Å². The number of carbonyl (C=O) groups excluding carboxylic acids is 1. The number of hydrogen-bond acceptors (Lipinski definition) is 1. The fourth-order valence-electron chi connectivity index (χ4n) is 3.19. The first kappa shape index (κ1) is 13.9. The molecular formula is C19H21NO. The Bertz CT molecular complexity index is 720. The predicted octanol–water partition coefficient (Wildman–Crippen LogP) is 4.76. The summed E-state index contributed by atoms with van der Waals surface area (Å²) in [4.78, 5) is 11.1. The van der Waals surface area contributed by atoms with E-state index < -0.39 is 0 Å². The largest absolute Gasteiger partial charge is 0.343 e. The summed E-state index contributed by atoms with van der Waals surface area (Å²) in [6.07, 6.45) is 8.86. The molecule has 0 saturated heterocycles. The van der Waals surface area contributed by atoms with Gasteiger partial charge in [0.1, 0.15) is 0 Å². The number of aldehydes is 1. The summed E-state index contributed by atoms with van der Waals surface area (Å²) in [5.74, 6) is 0.650. The fourth-order valence-corrected chi connectivity index (χ4v) is 3.19. The van der Waals surface area contributed by atoms with Crippen LogP contribution in [0.3, 0.4) is 0 Å². The van der Waals surface area contributed by atoms with Crippen molar-refractivity contribution in [2.75, 3.05) is 0 Å². The molecule has 0 aliphatic heterocycles. The van der Waals surface area contributed by atoms with Crippen LogP contribution in [-0.2, 0) is 6.54 Å². The molecule has 1 aromatic carbocycles. The maximum absolute atomic E-state index is 11.1. The van der Waals surface area contributed by atoms with Gasteiger partial charge in [-0.3, -0.25) is 4.79 Å². The van der Waals surface area contributed by atoms with Crippen molar-refractivity contribution in [2.45, 2.75) is 32.7 Å². The minimum absolute atomic E-state index is 0.650. The highest BCUT2D eigenvalue weighted by Crippen LogP contribution is 2.29. The highest BCUT2D eigenvalue weighted by atomic mass is 16.1. The van der Waals surface area contributed by atoms with E-state index in [2.05, 4.69) is 36.4 Å². The zero-order valence-corrected chi connectivity index (χ0v) is 12.5. The van der Waals surface area contributed by atoms with Gasteiger partial charge in [0, 0.05) is 29.2 Å². The van der Waals surface area contributed by atoms with Crippen LogP contribution in [0.25, 0.3) is 10.9 Å². The summed E-state index contributed by atoms with van der Waals surface area (Å²) in [7, 11) is 0. The van der Waals surface area contributed by atoms with Crippen molar-refractivity contribution in [1.29, 1.82) is 0 Å². The van der Waals surface area contributed by atoms with Crippen LogP contribution in [0.1, 0.15) is 36.5 Å². The molecule has 0 unspecified atom stereocenters. The van der Waals surface area contributed by atoms with Crippen molar-refractivity contribution in [3.05, 3.63) is 59.8 Å². The highest BCUT2D eigenvalue weighted by molar-refractivity contribution is 5.97. The Morgan fingerprint density at radius 3 is 2.95 bits per heavy atom. The molecule has 108 valence electrons. The number of fused-ring (bicyclic) bond motifs is 1. The Morgan fingerprint density at radius 2 is 2.29 bits per heavy atom. The molecule has 2 nitrogen and oxygen atoms in total. The van der Waals surface area contributed by atoms with Crippen LogP contribution in [0, 0.1) is 5.92 Å². The molecule has 0 spiro atoms. The van der Waals surface area contributed by atoms with Crippen molar-refractivity contribution in [2.24, 2.45) is 5.92 Å². The van der Waals surface area contributed by atoms with Crippen molar-refractivity contribution in [3.8, 4) is 0 Å². The number of benzene rings is 1. The minimum Gasteiger partial charge on any atom is -0.343 e. The number of carbonyl (C=O) groups is 1. The molecule has 1 heterocycles. The SMILES string of the molecule is C=C(C)[C@@H]1CC=C(Cn2ccc3c(C=O)cccc32)CC1. The van der Waals surface area contributed by atoms with Crippen LogP contribution in [0.4, 0.5) is 0 Å². The van der Waals surface area contributed by atoms with Gasteiger partial charge in [0.25, 0.3) is 0 Å². The zero-order valence-electron chi connectivity index (χ0n) is 12.5. The van der Waals surface area contributed by atoms with E-state index in [1.54, 1.807) is 0 Å². The van der Waals surface area contributed by atoms with E-state index in [4.69, 9.17) is 0 Å². The minimum atomic E-state index is 0.650. The first-order valence-electron chi connectivity index (χ1n) is 7.55. The number of aromatic nitrogens is 1. The molecule has 0 bridgehead atoms. The first-order valence-corrected chi connectivity index (χ1v) is 7.55. The Morgan fingerprint density at radius 1 is 1.43 bits per heavy atom. The Kier molecular flexibility index (Phi) is 3.78. The van der Waals surface area contributed by atoms with Crippen molar-refractivity contribution >= 4 is 17.2 Å². The number of nitrogens with zero attached hydrogens (tertiary/aromatic N) is 1. The molecule has 0 radical (unpaired) electrons. The molecule has 1 aliphatic rings. The maximum Gasteiger partial charge on any atom is 0.150 e. The summed E-state index contributed by atoms with van der Waals surface area (Å²) in [6.45, 7) is 7.13. The first-order chi connectivity index (χ1) is 10.2. The van der Waals surface area contributed by atoms with E-state index in [-0.39, 0.29) is 0 Å². The summed E-state index contributed by atoms with van der Waals surface area (Å²) in [5.41, 5.74) is 4.70. The molecule has 1 aliphatic carbocycles. The maximum atomic E-state index is 11.1. The lowest BCUT2D eigenvalue weighted by atomic mass is 9.85. The number of rotatable bonds is 4. The van der Waals surface area contributed by atoms with E-state index in [9.17, 15) is 4.79 Å². The molecular weight excluding hydrogens is 258 g/mol. The molecule has 0 saturated carbocycles. The van der Waals surface area contributed by atoms with Gasteiger partial charge < -0.3 is 4.57 Å². The Balaban J connectivity index is 1.83. The van der Waals surface area contributed by atoms with Gasteiger partial charge in [-0.15, -0.1) is 0 Å². The van der Waals surface area contributed by atoms with E-state index in [1.807, 2.05) is 18.2 Å². The lowest BCUT2D eigenvalue weighted by molar-refractivity contribution is 0.112. The Labute approximate surface area is 125 Å². The standard InChI is InChI=1S/C19H21NO/c1-14(2)16-8-6-15(7-9-16)12-20-11-10-18-17(13-21)4-3-5-19(18)20/h3-6,10-11,13,16H,1,7-9,12H2,2H3/t16-/m1/s1. The third kappa shape index (κ3) is 2.71. The van der Waals surface area contributed by atoms with Gasteiger partial charge in [-0.05, 0) is 44.2 Å². The smallest absolute Gasteiger partial charge is 0.150 e. The van der Waals surface area contributed by atoms with Crippen LogP contribution in [0.5, 0.6) is 0 Å². The summed E-state index contributed by atoms with van der Waals surface area (Å²) >= 11 is 0. The van der Waals surface area contributed by atoms with E-state index in [0.29, 0.717) is 5.92 Å². The lowest BCUT2D eigenvalue weighted by Gasteiger charge is -2.22. The summed E-state index contributed by atoms with van der Waals surface area (Å²) in [5, 5.41) is 1.05. The van der Waals surface area contributed by atoms with Gasteiger partial charge >= 0.3 is 0 Å². The lowest BCUT2D eigenvalue weighted by Crippen LogP contribution is -2.09. The van der Waals surface area contributed by atoms with Gasteiger partial charge in [-0.2, -0.15) is 0 Å². The average molecular weight is 279 g/mol. The quantitative estimate of drug-likeness (QED) is 0.584. The third-order valence-electron chi connectivity index (χ3n) is 4.55. The molecule has 2 heteroatoms. The van der Waals surface area contributed by atoms with Gasteiger partial charge in [0.15, 0.2) is 6.29 Å². The van der Waals surface area contributed by atoms with Gasteiger partial charge in [-0.25, -0.2) is 0 Å². The monoisotopic (exact) mass is 279 g/mol. The molecule has 0 amide bonds. The van der Waals surface area contributed by atoms with Gasteiger partial charge in [-0.1, -0.05) is 35.9 Å².